The van der Waals surface area contributed by atoms with Crippen LogP contribution < -0.4 is 4.74 Å². The zero-order chi connectivity index (χ0) is 21.2. The summed E-state index contributed by atoms with van der Waals surface area (Å²) in [5.41, 5.74) is 1.29. The summed E-state index contributed by atoms with van der Waals surface area (Å²) in [6.45, 7) is 0.507. The maximum atomic E-state index is 14.0. The second-order valence-corrected chi connectivity index (χ2v) is 7.49. The van der Waals surface area contributed by atoms with Gasteiger partial charge in [-0.1, -0.05) is 41.0 Å². The summed E-state index contributed by atoms with van der Waals surface area (Å²) < 4.78 is 31.3. The molecular formula is C23H17ClFN3O3. The maximum Gasteiger partial charge on any atom is 0.233 e. The number of hydrogen-bond donors (Lipinski definition) is 0. The van der Waals surface area contributed by atoms with Crippen LogP contribution in [0.15, 0.2) is 71.4 Å². The zero-order valence-corrected chi connectivity index (χ0v) is 17.0. The lowest BCUT2D eigenvalue weighted by Crippen LogP contribution is -2.07. The van der Waals surface area contributed by atoms with Crippen molar-refractivity contribution in [3.8, 4) is 23.0 Å². The highest BCUT2D eigenvalue weighted by Gasteiger charge is 2.36. The molecule has 0 radical (unpaired) electrons. The van der Waals surface area contributed by atoms with Crippen LogP contribution in [0.4, 0.5) is 4.39 Å². The van der Waals surface area contributed by atoms with E-state index in [1.165, 1.54) is 12.1 Å². The number of ether oxygens (including phenoxy) is 2. The number of aromatic nitrogens is 3. The Balaban J connectivity index is 1.43. The minimum atomic E-state index is -0.488. The van der Waals surface area contributed by atoms with Crippen molar-refractivity contribution in [1.82, 2.24) is 15.1 Å². The molecule has 0 saturated carbocycles. The molecule has 2 aromatic heterocycles. The van der Waals surface area contributed by atoms with Gasteiger partial charge in [0, 0.05) is 12.8 Å². The van der Waals surface area contributed by atoms with Gasteiger partial charge in [-0.05, 0) is 48.4 Å². The molecule has 3 heterocycles. The molecule has 1 saturated heterocycles. The number of para-hydroxylation sites is 1. The first-order chi connectivity index (χ1) is 15.2. The van der Waals surface area contributed by atoms with Crippen molar-refractivity contribution in [1.29, 1.82) is 0 Å². The summed E-state index contributed by atoms with van der Waals surface area (Å²) in [5.74, 6) is 1.12. The first kappa shape index (κ1) is 19.7. The average Bonchev–Trinajstić information content (AvgIpc) is 3.46. The minimum Gasteiger partial charge on any atom is -0.438 e. The van der Waals surface area contributed by atoms with E-state index < -0.39 is 11.9 Å². The maximum absolute atomic E-state index is 14.0. The van der Waals surface area contributed by atoms with Gasteiger partial charge in [-0.15, -0.1) is 0 Å². The Kier molecular flexibility index (Phi) is 5.36. The number of benzene rings is 2. The Morgan fingerprint density at radius 2 is 1.94 bits per heavy atom. The SMILES string of the molecule is Fc1cc([C@H]2OCC[C@H]2c2nc(-c3cccnc3Oc3ccccc3)no2)ccc1Cl. The molecular weight excluding hydrogens is 421 g/mol. The fourth-order valence-corrected chi connectivity index (χ4v) is 3.72. The average molecular weight is 438 g/mol. The molecule has 0 bridgehead atoms. The van der Waals surface area contributed by atoms with Crippen molar-refractivity contribution in [3.05, 3.63) is 89.2 Å². The van der Waals surface area contributed by atoms with Gasteiger partial charge in [-0.25, -0.2) is 9.37 Å². The molecule has 8 heteroatoms. The fraction of sp³-hybridized carbons (Fsp3) is 0.174. The highest BCUT2D eigenvalue weighted by molar-refractivity contribution is 6.30. The number of rotatable bonds is 5. The van der Waals surface area contributed by atoms with Gasteiger partial charge in [0.15, 0.2) is 0 Å². The topological polar surface area (TPSA) is 70.3 Å². The van der Waals surface area contributed by atoms with Gasteiger partial charge in [-0.2, -0.15) is 4.98 Å². The van der Waals surface area contributed by atoms with Crippen molar-refractivity contribution in [3.63, 3.8) is 0 Å². The van der Waals surface area contributed by atoms with Crippen LogP contribution in [0, 0.1) is 5.82 Å². The Hall–Kier alpha value is -3.29. The minimum absolute atomic E-state index is 0.0703. The predicted octanol–water partition coefficient (Wildman–Crippen LogP) is 5.96. The molecule has 1 aliphatic rings. The molecule has 2 aromatic carbocycles. The first-order valence-corrected chi connectivity index (χ1v) is 10.2. The number of nitrogens with zero attached hydrogens (tertiary/aromatic N) is 3. The van der Waals surface area contributed by atoms with Gasteiger partial charge in [0.2, 0.25) is 17.6 Å². The van der Waals surface area contributed by atoms with Crippen LogP contribution in [0.1, 0.15) is 29.9 Å². The van der Waals surface area contributed by atoms with Gasteiger partial charge in [-0.3, -0.25) is 0 Å². The molecule has 2 atom stereocenters. The van der Waals surface area contributed by atoms with Crippen LogP contribution in [0.5, 0.6) is 11.6 Å². The van der Waals surface area contributed by atoms with Gasteiger partial charge < -0.3 is 14.0 Å². The van der Waals surface area contributed by atoms with E-state index in [9.17, 15) is 4.39 Å². The van der Waals surface area contributed by atoms with Gasteiger partial charge in [0.05, 0.1) is 22.6 Å². The van der Waals surface area contributed by atoms with Crippen LogP contribution >= 0.6 is 11.6 Å². The number of halogens is 2. The van der Waals surface area contributed by atoms with Crippen molar-refractivity contribution in [2.45, 2.75) is 18.4 Å². The smallest absolute Gasteiger partial charge is 0.233 e. The van der Waals surface area contributed by atoms with E-state index in [0.717, 1.165) is 0 Å². The van der Waals surface area contributed by atoms with Crippen molar-refractivity contribution < 1.29 is 18.4 Å². The molecule has 4 aromatic rings. The first-order valence-electron chi connectivity index (χ1n) is 9.77. The van der Waals surface area contributed by atoms with Crippen LogP contribution in [0.25, 0.3) is 11.4 Å². The molecule has 1 fully saturated rings. The summed E-state index contributed by atoms with van der Waals surface area (Å²) in [6.07, 6.45) is 1.92. The summed E-state index contributed by atoms with van der Waals surface area (Å²) in [4.78, 5) is 8.90. The van der Waals surface area contributed by atoms with Crippen LogP contribution in [0.2, 0.25) is 5.02 Å². The predicted molar refractivity (Wildman–Crippen MR) is 112 cm³/mol. The molecule has 6 nitrogen and oxygen atoms in total. The van der Waals surface area contributed by atoms with E-state index in [1.54, 1.807) is 18.3 Å². The highest BCUT2D eigenvalue weighted by Crippen LogP contribution is 2.42. The molecule has 0 aliphatic carbocycles. The van der Waals surface area contributed by atoms with E-state index in [1.807, 2.05) is 36.4 Å². The lowest BCUT2D eigenvalue weighted by atomic mass is 9.95. The Labute approximate surface area is 182 Å². The molecule has 1 aliphatic heterocycles. The third-order valence-electron chi connectivity index (χ3n) is 5.09. The molecule has 156 valence electrons. The van der Waals surface area contributed by atoms with E-state index in [4.69, 9.17) is 25.6 Å². The standard InChI is InChI=1S/C23H17ClFN3O3/c24-18-9-8-14(13-19(18)25)20-16(10-12-29-20)23-27-21(28-31-23)17-7-4-11-26-22(17)30-15-5-2-1-3-6-15/h1-9,11,13,16,20H,10,12H2/t16-,20-/m1/s1. The second-order valence-electron chi connectivity index (χ2n) is 7.09. The third-order valence-corrected chi connectivity index (χ3v) is 5.40. The van der Waals surface area contributed by atoms with E-state index >= 15 is 0 Å². The second kappa shape index (κ2) is 8.45. The zero-order valence-electron chi connectivity index (χ0n) is 16.2. The Bertz CT molecular complexity index is 1200. The van der Waals surface area contributed by atoms with Crippen LogP contribution in [-0.4, -0.2) is 21.7 Å². The highest BCUT2D eigenvalue weighted by atomic mass is 35.5. The van der Waals surface area contributed by atoms with Gasteiger partial charge in [0.1, 0.15) is 11.6 Å². The summed E-state index contributed by atoms with van der Waals surface area (Å²) in [5, 5.41) is 4.21. The fourth-order valence-electron chi connectivity index (χ4n) is 3.60. The Morgan fingerprint density at radius 3 is 2.77 bits per heavy atom. The molecule has 5 rings (SSSR count). The van der Waals surface area contributed by atoms with E-state index in [2.05, 4.69) is 15.1 Å². The normalized spacial score (nSPS) is 18.3. The lowest BCUT2D eigenvalue weighted by Gasteiger charge is -2.16. The van der Waals surface area contributed by atoms with Crippen molar-refractivity contribution in [2.24, 2.45) is 0 Å². The largest absolute Gasteiger partial charge is 0.438 e. The Morgan fingerprint density at radius 1 is 1.06 bits per heavy atom. The van der Waals surface area contributed by atoms with E-state index in [-0.39, 0.29) is 10.9 Å². The van der Waals surface area contributed by atoms with E-state index in [0.29, 0.717) is 47.5 Å². The van der Waals surface area contributed by atoms with Crippen molar-refractivity contribution >= 4 is 11.6 Å². The molecule has 0 spiro atoms. The summed E-state index contributed by atoms with van der Waals surface area (Å²) >= 11 is 5.81. The number of pyridine rings is 1. The van der Waals surface area contributed by atoms with Gasteiger partial charge >= 0.3 is 0 Å². The van der Waals surface area contributed by atoms with Gasteiger partial charge in [0.25, 0.3) is 0 Å². The monoisotopic (exact) mass is 437 g/mol. The molecule has 0 N–H and O–H groups in total. The molecule has 31 heavy (non-hydrogen) atoms. The summed E-state index contributed by atoms with van der Waals surface area (Å²) in [6, 6.07) is 17.6. The quantitative estimate of drug-likeness (QED) is 0.383. The lowest BCUT2D eigenvalue weighted by molar-refractivity contribution is 0.0984. The number of hydrogen-bond acceptors (Lipinski definition) is 6. The summed E-state index contributed by atoms with van der Waals surface area (Å²) in [7, 11) is 0. The molecule has 0 unspecified atom stereocenters. The van der Waals surface area contributed by atoms with Crippen LogP contribution in [0.3, 0.4) is 0 Å². The third kappa shape index (κ3) is 4.02. The van der Waals surface area contributed by atoms with Crippen molar-refractivity contribution in [2.75, 3.05) is 6.61 Å². The van der Waals surface area contributed by atoms with Crippen LogP contribution in [-0.2, 0) is 4.74 Å². The molecule has 0 amide bonds.